The Morgan fingerprint density at radius 2 is 1.91 bits per heavy atom. The topological polar surface area (TPSA) is 68.5 Å². The number of carbonyl (C=O) groups excluding carboxylic acids is 1. The van der Waals surface area contributed by atoms with Crippen molar-refractivity contribution in [2.75, 3.05) is 13.7 Å². The van der Waals surface area contributed by atoms with E-state index in [1.807, 2.05) is 65.6 Å². The highest BCUT2D eigenvalue weighted by molar-refractivity contribution is 6.05. The van der Waals surface area contributed by atoms with E-state index in [9.17, 15) is 4.79 Å². The molecule has 0 saturated carbocycles. The number of fused-ring (bicyclic) bond motifs is 1. The molecule has 0 N–H and O–H groups in total. The van der Waals surface area contributed by atoms with Crippen molar-refractivity contribution in [3.05, 3.63) is 78.3 Å². The third-order valence-electron chi connectivity index (χ3n) is 6.13. The number of ether oxygens (including phenoxy) is 1. The molecule has 0 bridgehead atoms. The Balaban J connectivity index is 1.48. The van der Waals surface area contributed by atoms with Crippen LogP contribution in [0.2, 0.25) is 0 Å². The van der Waals surface area contributed by atoms with Gasteiger partial charge in [0.05, 0.1) is 13.2 Å². The van der Waals surface area contributed by atoms with Crippen LogP contribution in [-0.2, 0) is 0 Å². The third-order valence-corrected chi connectivity index (χ3v) is 6.13. The van der Waals surface area contributed by atoms with E-state index in [1.54, 1.807) is 13.3 Å². The molecule has 0 aliphatic carbocycles. The molecule has 2 aromatic heterocycles. The highest BCUT2D eigenvalue weighted by atomic mass is 16.5. The summed E-state index contributed by atoms with van der Waals surface area (Å²) in [7, 11) is 1.64. The Kier molecular flexibility index (Phi) is 5.58. The van der Waals surface area contributed by atoms with Crippen molar-refractivity contribution >= 4 is 16.7 Å². The number of rotatable bonds is 4. The van der Waals surface area contributed by atoms with Crippen LogP contribution in [0.25, 0.3) is 22.0 Å². The van der Waals surface area contributed by atoms with Gasteiger partial charge in [0, 0.05) is 29.8 Å². The summed E-state index contributed by atoms with van der Waals surface area (Å²) in [5.41, 5.74) is 2.19. The Morgan fingerprint density at radius 1 is 1.06 bits per heavy atom. The molecule has 6 nitrogen and oxygen atoms in total. The zero-order chi connectivity index (χ0) is 21.9. The van der Waals surface area contributed by atoms with Crippen LogP contribution in [0.15, 0.2) is 71.4 Å². The van der Waals surface area contributed by atoms with Crippen molar-refractivity contribution < 1.29 is 14.1 Å². The first kappa shape index (κ1) is 20.2. The van der Waals surface area contributed by atoms with Gasteiger partial charge >= 0.3 is 0 Å². The standard InChI is InChI=1S/C26H25N3O3/c1-31-20-12-10-19(11-13-20)22-17-24(32-28-22)23-9-3-2-6-16-29(23)26(30)25-21-8-5-4-7-18(21)14-15-27-25/h4-5,7-8,10-15,17,23H,2-3,6,9,16H2,1H3/t23-/m1/s1. The first-order valence-corrected chi connectivity index (χ1v) is 11.0. The molecule has 5 rings (SSSR count). The lowest BCUT2D eigenvalue weighted by atomic mass is 10.0. The largest absolute Gasteiger partial charge is 0.497 e. The van der Waals surface area contributed by atoms with Gasteiger partial charge in [-0.2, -0.15) is 0 Å². The molecule has 0 radical (unpaired) electrons. The third kappa shape index (κ3) is 3.84. The molecule has 1 aliphatic rings. The van der Waals surface area contributed by atoms with Gasteiger partial charge in [-0.3, -0.25) is 9.78 Å². The second-order valence-electron chi connectivity index (χ2n) is 8.09. The number of nitrogens with zero attached hydrogens (tertiary/aromatic N) is 3. The van der Waals surface area contributed by atoms with Crippen molar-refractivity contribution in [2.45, 2.75) is 31.7 Å². The quantitative estimate of drug-likeness (QED) is 0.421. The molecule has 32 heavy (non-hydrogen) atoms. The second kappa shape index (κ2) is 8.83. The summed E-state index contributed by atoms with van der Waals surface area (Å²) in [6.45, 7) is 0.674. The van der Waals surface area contributed by atoms with Crippen LogP contribution < -0.4 is 4.74 Å². The van der Waals surface area contributed by atoms with Crippen molar-refractivity contribution in [1.82, 2.24) is 15.0 Å². The molecule has 1 atom stereocenters. The molecule has 162 valence electrons. The molecule has 0 unspecified atom stereocenters. The minimum absolute atomic E-state index is 0.0592. The van der Waals surface area contributed by atoms with Crippen LogP contribution in [-0.4, -0.2) is 34.6 Å². The fraction of sp³-hybridized carbons (Fsp3) is 0.269. The van der Waals surface area contributed by atoms with Gasteiger partial charge in [-0.15, -0.1) is 0 Å². The number of benzene rings is 2. The van der Waals surface area contributed by atoms with Gasteiger partial charge in [0.2, 0.25) is 0 Å². The number of pyridine rings is 1. The summed E-state index contributed by atoms with van der Waals surface area (Å²) in [5, 5.41) is 6.18. The smallest absolute Gasteiger partial charge is 0.273 e. The number of likely N-dealkylation sites (tertiary alicyclic amines) is 1. The van der Waals surface area contributed by atoms with Crippen LogP contribution in [0.3, 0.4) is 0 Å². The van der Waals surface area contributed by atoms with Crippen molar-refractivity contribution in [3.63, 3.8) is 0 Å². The number of hydrogen-bond acceptors (Lipinski definition) is 5. The van der Waals surface area contributed by atoms with Gasteiger partial charge in [0.25, 0.3) is 5.91 Å². The Morgan fingerprint density at radius 3 is 2.75 bits per heavy atom. The number of aromatic nitrogens is 2. The van der Waals surface area contributed by atoms with E-state index in [-0.39, 0.29) is 11.9 Å². The summed E-state index contributed by atoms with van der Waals surface area (Å²) < 4.78 is 11.0. The normalized spacial score (nSPS) is 16.7. The summed E-state index contributed by atoms with van der Waals surface area (Å²) >= 11 is 0. The predicted octanol–water partition coefficient (Wildman–Crippen LogP) is 5.66. The van der Waals surface area contributed by atoms with Gasteiger partial charge < -0.3 is 14.2 Å². The van der Waals surface area contributed by atoms with Crippen LogP contribution in [0.1, 0.15) is 48.0 Å². The van der Waals surface area contributed by atoms with E-state index < -0.39 is 0 Å². The Bertz CT molecular complexity index is 1230. The lowest BCUT2D eigenvalue weighted by Gasteiger charge is -2.28. The van der Waals surface area contributed by atoms with E-state index in [4.69, 9.17) is 9.26 Å². The summed E-state index contributed by atoms with van der Waals surface area (Å²) in [6.07, 6.45) is 5.64. The number of amides is 1. The molecular formula is C26H25N3O3. The summed E-state index contributed by atoms with van der Waals surface area (Å²) in [5.74, 6) is 1.45. The summed E-state index contributed by atoms with van der Waals surface area (Å²) in [4.78, 5) is 20.1. The zero-order valence-corrected chi connectivity index (χ0v) is 18.0. The van der Waals surface area contributed by atoms with Crippen molar-refractivity contribution in [1.29, 1.82) is 0 Å². The second-order valence-corrected chi connectivity index (χ2v) is 8.09. The van der Waals surface area contributed by atoms with Gasteiger partial charge in [-0.1, -0.05) is 42.3 Å². The van der Waals surface area contributed by atoms with E-state index in [2.05, 4.69) is 10.1 Å². The molecule has 1 fully saturated rings. The average Bonchev–Trinajstić information content (AvgIpc) is 3.21. The molecule has 4 aromatic rings. The maximum absolute atomic E-state index is 13.7. The molecular weight excluding hydrogens is 402 g/mol. The Hall–Kier alpha value is -3.67. The van der Waals surface area contributed by atoms with Crippen LogP contribution >= 0.6 is 0 Å². The lowest BCUT2D eigenvalue weighted by Crippen LogP contribution is -2.35. The van der Waals surface area contributed by atoms with E-state index in [0.29, 0.717) is 18.0 Å². The fourth-order valence-corrected chi connectivity index (χ4v) is 4.42. The first-order chi connectivity index (χ1) is 15.7. The zero-order valence-electron chi connectivity index (χ0n) is 18.0. The van der Waals surface area contributed by atoms with Gasteiger partial charge in [0.15, 0.2) is 5.76 Å². The van der Waals surface area contributed by atoms with Crippen molar-refractivity contribution in [2.24, 2.45) is 0 Å². The van der Waals surface area contributed by atoms with E-state index in [1.165, 1.54) is 0 Å². The van der Waals surface area contributed by atoms with E-state index >= 15 is 0 Å². The van der Waals surface area contributed by atoms with Gasteiger partial charge in [0.1, 0.15) is 17.1 Å². The molecule has 1 amide bonds. The maximum Gasteiger partial charge on any atom is 0.273 e. The molecule has 6 heteroatoms. The van der Waals surface area contributed by atoms with E-state index in [0.717, 1.165) is 53.5 Å². The number of carbonyl (C=O) groups is 1. The molecule has 0 spiro atoms. The van der Waals surface area contributed by atoms with Crippen LogP contribution in [0.5, 0.6) is 5.75 Å². The summed E-state index contributed by atoms with van der Waals surface area (Å²) in [6, 6.07) is 19.3. The molecule has 1 aliphatic heterocycles. The number of methoxy groups -OCH3 is 1. The monoisotopic (exact) mass is 427 g/mol. The highest BCUT2D eigenvalue weighted by Gasteiger charge is 2.32. The number of hydrogen-bond donors (Lipinski definition) is 0. The van der Waals surface area contributed by atoms with Crippen LogP contribution in [0.4, 0.5) is 0 Å². The average molecular weight is 428 g/mol. The van der Waals surface area contributed by atoms with Gasteiger partial charge in [-0.05, 0) is 48.6 Å². The molecule has 3 heterocycles. The Labute approximate surface area is 186 Å². The predicted molar refractivity (Wildman–Crippen MR) is 122 cm³/mol. The minimum atomic E-state index is -0.162. The SMILES string of the molecule is COc1ccc(-c2cc([C@H]3CCCCCN3C(=O)c3nccc4ccccc34)on2)cc1. The van der Waals surface area contributed by atoms with Crippen molar-refractivity contribution in [3.8, 4) is 17.0 Å². The highest BCUT2D eigenvalue weighted by Crippen LogP contribution is 2.34. The molecule has 2 aromatic carbocycles. The first-order valence-electron chi connectivity index (χ1n) is 11.0. The van der Waals surface area contributed by atoms with Crippen LogP contribution in [0, 0.1) is 0 Å². The van der Waals surface area contributed by atoms with Gasteiger partial charge in [-0.25, -0.2) is 0 Å². The molecule has 1 saturated heterocycles. The minimum Gasteiger partial charge on any atom is -0.497 e. The lowest BCUT2D eigenvalue weighted by molar-refractivity contribution is 0.0647. The fourth-order valence-electron chi connectivity index (χ4n) is 4.42. The maximum atomic E-state index is 13.7.